The lowest BCUT2D eigenvalue weighted by Crippen LogP contribution is -2.59. The molecule has 1 aliphatic heterocycles. The highest BCUT2D eigenvalue weighted by atomic mass is 35.5. The van der Waals surface area contributed by atoms with Gasteiger partial charge in [-0.3, -0.25) is 14.4 Å². The number of carbonyl (C=O) groups is 3. The van der Waals surface area contributed by atoms with Crippen LogP contribution in [0.1, 0.15) is 26.5 Å². The van der Waals surface area contributed by atoms with Crippen LogP contribution in [0.15, 0.2) is 22.3 Å². The van der Waals surface area contributed by atoms with Gasteiger partial charge >= 0.3 is 24.1 Å². The van der Waals surface area contributed by atoms with Gasteiger partial charge in [-0.2, -0.15) is 13.2 Å². The predicted octanol–water partition coefficient (Wildman–Crippen LogP) is 3.68. The molecule has 2 heterocycles. The normalized spacial score (nSPS) is 24.5. The second-order valence-corrected chi connectivity index (χ2v) is 8.39. The molecule has 1 aromatic rings. The van der Waals surface area contributed by atoms with Crippen molar-refractivity contribution < 1.29 is 46.5 Å². The first-order valence-electron chi connectivity index (χ1n) is 9.40. The van der Waals surface area contributed by atoms with Crippen LogP contribution in [0.5, 0.6) is 0 Å². The van der Waals surface area contributed by atoms with Crippen LogP contribution in [-0.2, 0) is 39.5 Å². The molecular formula is C18H18ClF3N4O7S. The number of pyridine rings is 1. The van der Waals surface area contributed by atoms with Crippen LogP contribution >= 0.6 is 23.4 Å². The fourth-order valence-electron chi connectivity index (χ4n) is 3.00. The maximum atomic E-state index is 13.0. The van der Waals surface area contributed by atoms with E-state index in [1.165, 1.54) is 0 Å². The Balaban J connectivity index is 2.46. The van der Waals surface area contributed by atoms with Gasteiger partial charge in [0.05, 0.1) is 5.02 Å². The van der Waals surface area contributed by atoms with Crippen molar-refractivity contribution in [2.75, 3.05) is 6.61 Å². The minimum Gasteiger partial charge on any atom is -0.463 e. The van der Waals surface area contributed by atoms with E-state index in [9.17, 15) is 27.6 Å². The van der Waals surface area contributed by atoms with E-state index in [4.69, 9.17) is 36.1 Å². The first-order valence-corrected chi connectivity index (χ1v) is 10.7. The van der Waals surface area contributed by atoms with Gasteiger partial charge in [0.25, 0.3) is 0 Å². The molecule has 0 aliphatic carbocycles. The molecule has 34 heavy (non-hydrogen) atoms. The van der Waals surface area contributed by atoms with Crippen molar-refractivity contribution >= 4 is 41.3 Å². The standard InChI is InChI=1S/C18H18ClF3N4O7S/c1-7(27)30-6-12-14(31-8(2)28)13(25-26-23)15(32-9(3)29)17(33-12)34-10-4-11(19)16(24-5-10)18(20,21)22/h4-5,12-15,17H,6H2,1-3H3/t12-,13+,14+,15-,17-/m1/s1. The largest absolute Gasteiger partial charge is 0.463 e. The van der Waals surface area contributed by atoms with Gasteiger partial charge in [-0.15, -0.1) is 0 Å². The predicted molar refractivity (Wildman–Crippen MR) is 109 cm³/mol. The van der Waals surface area contributed by atoms with Gasteiger partial charge in [0.15, 0.2) is 5.69 Å². The average Bonchev–Trinajstić information content (AvgIpc) is 2.69. The fourth-order valence-corrected chi connectivity index (χ4v) is 4.45. The average molecular weight is 527 g/mol. The number of ether oxygens (including phenoxy) is 4. The van der Waals surface area contributed by atoms with Crippen molar-refractivity contribution in [2.24, 2.45) is 5.11 Å². The zero-order valence-corrected chi connectivity index (χ0v) is 19.4. The highest BCUT2D eigenvalue weighted by Gasteiger charge is 2.50. The van der Waals surface area contributed by atoms with E-state index in [-0.39, 0.29) is 4.90 Å². The van der Waals surface area contributed by atoms with Crippen LogP contribution < -0.4 is 0 Å². The third kappa shape index (κ3) is 7.38. The molecule has 186 valence electrons. The van der Waals surface area contributed by atoms with Gasteiger partial charge in [-0.1, -0.05) is 28.5 Å². The number of halogens is 4. The van der Waals surface area contributed by atoms with Crippen molar-refractivity contribution in [1.29, 1.82) is 0 Å². The summed E-state index contributed by atoms with van der Waals surface area (Å²) < 4.78 is 60.1. The molecule has 0 bridgehead atoms. The summed E-state index contributed by atoms with van der Waals surface area (Å²) in [5.41, 5.74) is 6.55. The first kappa shape index (κ1) is 27.5. The fraction of sp³-hybridized carbons (Fsp3) is 0.556. The van der Waals surface area contributed by atoms with Crippen molar-refractivity contribution in [3.63, 3.8) is 0 Å². The van der Waals surface area contributed by atoms with Crippen molar-refractivity contribution in [3.8, 4) is 0 Å². The minimum atomic E-state index is -4.78. The number of carbonyl (C=O) groups excluding carboxylic acids is 3. The van der Waals surface area contributed by atoms with Gasteiger partial charge in [0, 0.05) is 36.8 Å². The maximum Gasteiger partial charge on any atom is 0.434 e. The van der Waals surface area contributed by atoms with Gasteiger partial charge in [-0.25, -0.2) is 4.98 Å². The van der Waals surface area contributed by atoms with Crippen LogP contribution in [0.25, 0.3) is 10.4 Å². The summed E-state index contributed by atoms with van der Waals surface area (Å²) in [7, 11) is 0. The first-order chi connectivity index (χ1) is 15.8. The van der Waals surface area contributed by atoms with Crippen LogP contribution in [0.3, 0.4) is 0 Å². The Morgan fingerprint density at radius 3 is 2.32 bits per heavy atom. The summed E-state index contributed by atoms with van der Waals surface area (Å²) in [6.45, 7) is 2.84. The quantitative estimate of drug-likeness (QED) is 0.170. The second-order valence-electron chi connectivity index (χ2n) is 6.81. The van der Waals surface area contributed by atoms with Gasteiger partial charge in [0.2, 0.25) is 0 Å². The molecule has 1 saturated heterocycles. The van der Waals surface area contributed by atoms with E-state index in [2.05, 4.69) is 15.0 Å². The molecule has 1 aliphatic rings. The van der Waals surface area contributed by atoms with Crippen LogP contribution in [0.4, 0.5) is 13.2 Å². The number of hydrogen-bond donors (Lipinski definition) is 0. The third-order valence-corrected chi connectivity index (χ3v) is 5.59. The molecule has 0 saturated carbocycles. The summed E-state index contributed by atoms with van der Waals surface area (Å²) in [5.74, 6) is -2.28. The monoisotopic (exact) mass is 526 g/mol. The van der Waals surface area contributed by atoms with E-state index in [1.807, 2.05) is 0 Å². The SMILES string of the molecule is CC(=O)OC[C@H]1O[C@H](Sc2cnc(C(F)(F)F)c(Cl)c2)[C@H](OC(C)=O)[C@@H](N=[N+]=[N-])[C@H]1OC(C)=O. The topological polar surface area (TPSA) is 150 Å². The molecule has 2 rings (SSSR count). The molecule has 0 aromatic carbocycles. The Kier molecular flexibility index (Phi) is 9.38. The van der Waals surface area contributed by atoms with Crippen LogP contribution in [0, 0.1) is 0 Å². The molecule has 16 heteroatoms. The summed E-state index contributed by atoms with van der Waals surface area (Å²) in [5, 5.41) is 2.91. The molecule has 1 fully saturated rings. The lowest BCUT2D eigenvalue weighted by atomic mass is 9.97. The molecule has 0 spiro atoms. The Labute approximate surface area is 199 Å². The molecule has 0 amide bonds. The Hall–Kier alpha value is -2.74. The van der Waals surface area contributed by atoms with Gasteiger partial charge in [-0.05, 0) is 11.6 Å². The number of azide groups is 1. The lowest BCUT2D eigenvalue weighted by molar-refractivity contribution is -0.201. The number of esters is 3. The van der Waals surface area contributed by atoms with E-state index < -0.39 is 71.2 Å². The number of rotatable bonds is 7. The van der Waals surface area contributed by atoms with Crippen LogP contribution in [-0.4, -0.2) is 59.3 Å². The highest BCUT2D eigenvalue weighted by Crippen LogP contribution is 2.40. The summed E-state index contributed by atoms with van der Waals surface area (Å²) in [6.07, 6.45) is -7.73. The molecule has 5 atom stereocenters. The zero-order valence-electron chi connectivity index (χ0n) is 17.8. The number of nitrogens with zero attached hydrogens (tertiary/aromatic N) is 4. The molecule has 0 N–H and O–H groups in total. The summed E-state index contributed by atoms with van der Waals surface area (Å²) in [4.78, 5) is 40.8. The maximum absolute atomic E-state index is 13.0. The van der Waals surface area contributed by atoms with E-state index in [0.717, 1.165) is 44.8 Å². The molecule has 0 radical (unpaired) electrons. The van der Waals surface area contributed by atoms with Crippen LogP contribution in [0.2, 0.25) is 5.02 Å². The molecular weight excluding hydrogens is 509 g/mol. The number of aromatic nitrogens is 1. The molecule has 11 nitrogen and oxygen atoms in total. The molecule has 0 unspecified atom stereocenters. The lowest BCUT2D eigenvalue weighted by Gasteiger charge is -2.43. The zero-order chi connectivity index (χ0) is 25.6. The summed E-state index contributed by atoms with van der Waals surface area (Å²) in [6, 6.07) is -0.347. The Bertz CT molecular complexity index is 993. The Morgan fingerprint density at radius 2 is 1.82 bits per heavy atom. The third-order valence-electron chi connectivity index (χ3n) is 4.19. The van der Waals surface area contributed by atoms with Gasteiger partial charge < -0.3 is 18.9 Å². The minimum absolute atomic E-state index is 0.0945. The van der Waals surface area contributed by atoms with Crippen molar-refractivity contribution in [1.82, 2.24) is 4.98 Å². The van der Waals surface area contributed by atoms with Crippen molar-refractivity contribution in [2.45, 2.75) is 61.6 Å². The smallest absolute Gasteiger partial charge is 0.434 e. The van der Waals surface area contributed by atoms with Crippen molar-refractivity contribution in [3.05, 3.63) is 33.4 Å². The second kappa shape index (κ2) is 11.6. The number of alkyl halides is 3. The number of thioether (sulfide) groups is 1. The molecule has 1 aromatic heterocycles. The van der Waals surface area contributed by atoms with Gasteiger partial charge in [0.1, 0.15) is 36.4 Å². The van der Waals surface area contributed by atoms with E-state index >= 15 is 0 Å². The van der Waals surface area contributed by atoms with E-state index in [0.29, 0.717) is 0 Å². The van der Waals surface area contributed by atoms with E-state index in [1.54, 1.807) is 0 Å². The summed E-state index contributed by atoms with van der Waals surface area (Å²) >= 11 is 6.48. The highest BCUT2D eigenvalue weighted by molar-refractivity contribution is 7.99. The Morgan fingerprint density at radius 1 is 1.21 bits per heavy atom. The number of hydrogen-bond acceptors (Lipinski definition) is 10.